The number of alkyl halides is 3. The lowest BCUT2D eigenvalue weighted by Gasteiger charge is -2.17. The monoisotopic (exact) mass is 494 g/mol. The molecule has 1 aromatic heterocycles. The Morgan fingerprint density at radius 3 is 2.31 bits per heavy atom. The smallest absolute Gasteiger partial charge is 0.450 e. The van der Waals surface area contributed by atoms with Gasteiger partial charge in [0.15, 0.2) is 17.6 Å². The van der Waals surface area contributed by atoms with Crippen LogP contribution in [-0.2, 0) is 15.7 Å². The summed E-state index contributed by atoms with van der Waals surface area (Å²) in [4.78, 5) is 25.3. The van der Waals surface area contributed by atoms with Crippen LogP contribution in [0.3, 0.4) is 0 Å². The molecule has 0 aliphatic heterocycles. The zero-order chi connectivity index (χ0) is 25.9. The first-order valence-electron chi connectivity index (χ1n) is 10.8. The second-order valence-electron chi connectivity index (χ2n) is 7.78. The lowest BCUT2D eigenvalue weighted by Crippen LogP contribution is -2.29. The van der Waals surface area contributed by atoms with E-state index >= 15 is 0 Å². The minimum Gasteiger partial charge on any atom is -0.493 e. The summed E-state index contributed by atoms with van der Waals surface area (Å²) in [6, 6.07) is 7.78. The molecule has 0 N–H and O–H groups in total. The third-order valence-corrected chi connectivity index (χ3v) is 5.33. The van der Waals surface area contributed by atoms with Gasteiger partial charge in [0.05, 0.1) is 31.3 Å². The molecule has 0 amide bonds. The Hall–Kier alpha value is -3.69. The lowest BCUT2D eigenvalue weighted by molar-refractivity contribution is -0.156. The average molecular weight is 494 g/mol. The number of benzene rings is 2. The topological polar surface area (TPSA) is 84.2 Å². The molecule has 0 radical (unpaired) electrons. The zero-order valence-corrected chi connectivity index (χ0v) is 19.8. The van der Waals surface area contributed by atoms with Gasteiger partial charge in [-0.15, -0.1) is 0 Å². The minimum atomic E-state index is -4.97. The molecular formula is C25H25F3O7. The molecule has 0 saturated heterocycles. The van der Waals surface area contributed by atoms with Gasteiger partial charge in [0.2, 0.25) is 11.2 Å². The van der Waals surface area contributed by atoms with Crippen molar-refractivity contribution in [1.82, 2.24) is 0 Å². The maximum Gasteiger partial charge on any atom is 0.450 e. The van der Waals surface area contributed by atoms with Crippen LogP contribution in [0.2, 0.25) is 0 Å². The van der Waals surface area contributed by atoms with Crippen LogP contribution in [0.1, 0.15) is 33.0 Å². The summed E-state index contributed by atoms with van der Waals surface area (Å²) in [5, 5.41) is -0.0926. The van der Waals surface area contributed by atoms with E-state index in [4.69, 9.17) is 23.4 Å². The fourth-order valence-electron chi connectivity index (χ4n) is 3.33. The number of carbonyl (C=O) groups excluding carboxylic acids is 1. The van der Waals surface area contributed by atoms with Crippen molar-refractivity contribution in [3.63, 3.8) is 0 Å². The quantitative estimate of drug-likeness (QED) is 0.377. The van der Waals surface area contributed by atoms with Crippen molar-refractivity contribution in [2.75, 3.05) is 14.2 Å². The van der Waals surface area contributed by atoms with Crippen LogP contribution in [0.5, 0.6) is 17.2 Å². The van der Waals surface area contributed by atoms with Gasteiger partial charge < -0.3 is 23.4 Å². The van der Waals surface area contributed by atoms with E-state index in [1.807, 2.05) is 6.92 Å². The first-order valence-corrected chi connectivity index (χ1v) is 10.8. The highest BCUT2D eigenvalue weighted by Gasteiger charge is 2.39. The number of ether oxygens (including phenoxy) is 4. The molecule has 0 aliphatic rings. The SMILES string of the molecule is CC[C@@H](C)OC(=O)[C@@H](C)Oc1ccc2c(=O)c(-c3ccc(OC)c(OC)c3)c(C(F)(F)F)oc2c1. The maximum absolute atomic E-state index is 14.0. The molecule has 2 aromatic carbocycles. The molecule has 0 fully saturated rings. The molecular weight excluding hydrogens is 469 g/mol. The first kappa shape index (κ1) is 25.9. The van der Waals surface area contributed by atoms with Gasteiger partial charge in [-0.3, -0.25) is 4.79 Å². The Balaban J connectivity index is 2.10. The van der Waals surface area contributed by atoms with Crippen molar-refractivity contribution < 1.29 is 41.3 Å². The number of carbonyl (C=O) groups is 1. The summed E-state index contributed by atoms with van der Waals surface area (Å²) < 4.78 is 68.1. The predicted molar refractivity (Wildman–Crippen MR) is 122 cm³/mol. The van der Waals surface area contributed by atoms with Gasteiger partial charge in [-0.05, 0) is 50.1 Å². The molecule has 3 rings (SSSR count). The Morgan fingerprint density at radius 1 is 1.03 bits per heavy atom. The molecule has 10 heteroatoms. The Bertz CT molecular complexity index is 1280. The Morgan fingerprint density at radius 2 is 1.71 bits per heavy atom. The van der Waals surface area contributed by atoms with E-state index < -0.39 is 35.0 Å². The van der Waals surface area contributed by atoms with E-state index in [0.717, 1.165) is 6.07 Å². The first-order chi connectivity index (χ1) is 16.5. The Labute approximate surface area is 199 Å². The van der Waals surface area contributed by atoms with Crippen LogP contribution in [0.4, 0.5) is 13.2 Å². The van der Waals surface area contributed by atoms with E-state index in [1.54, 1.807) is 6.92 Å². The third-order valence-electron chi connectivity index (χ3n) is 5.33. The highest BCUT2D eigenvalue weighted by molar-refractivity contribution is 5.84. The summed E-state index contributed by atoms with van der Waals surface area (Å²) in [5.41, 5.74) is -1.94. The molecule has 1 heterocycles. The summed E-state index contributed by atoms with van der Waals surface area (Å²) in [6.45, 7) is 5.03. The average Bonchev–Trinajstić information content (AvgIpc) is 2.82. The fourth-order valence-corrected chi connectivity index (χ4v) is 3.33. The Kier molecular flexibility index (Phi) is 7.62. The second-order valence-corrected chi connectivity index (χ2v) is 7.78. The van der Waals surface area contributed by atoms with Gasteiger partial charge in [0, 0.05) is 6.07 Å². The van der Waals surface area contributed by atoms with Crippen LogP contribution >= 0.6 is 0 Å². The summed E-state index contributed by atoms with van der Waals surface area (Å²) in [6.07, 6.45) is -5.70. The van der Waals surface area contributed by atoms with Gasteiger partial charge in [-0.2, -0.15) is 13.2 Å². The van der Waals surface area contributed by atoms with Gasteiger partial charge >= 0.3 is 12.1 Å². The van der Waals surface area contributed by atoms with E-state index in [9.17, 15) is 22.8 Å². The van der Waals surface area contributed by atoms with Gasteiger partial charge in [0.25, 0.3) is 0 Å². The molecule has 7 nitrogen and oxygen atoms in total. The lowest BCUT2D eigenvalue weighted by atomic mass is 10.0. The van der Waals surface area contributed by atoms with Crippen molar-refractivity contribution in [3.05, 3.63) is 52.4 Å². The van der Waals surface area contributed by atoms with Crippen molar-refractivity contribution in [2.45, 2.75) is 45.6 Å². The number of halogens is 3. The van der Waals surface area contributed by atoms with E-state index in [0.29, 0.717) is 6.42 Å². The van der Waals surface area contributed by atoms with Crippen LogP contribution < -0.4 is 19.6 Å². The molecule has 0 unspecified atom stereocenters. The van der Waals surface area contributed by atoms with E-state index in [-0.39, 0.29) is 39.9 Å². The predicted octanol–water partition coefficient (Wildman–Crippen LogP) is 5.61. The molecule has 0 bridgehead atoms. The van der Waals surface area contributed by atoms with Crippen LogP contribution in [0.25, 0.3) is 22.1 Å². The van der Waals surface area contributed by atoms with Crippen molar-refractivity contribution in [3.8, 4) is 28.4 Å². The standard InChI is InChI=1S/C25H25F3O7/c1-6-13(2)33-24(30)14(3)34-16-8-9-17-19(12-16)35-23(25(26,27)28)21(22(17)29)15-7-10-18(31-4)20(11-15)32-5/h7-14H,6H2,1-5H3/t13-,14-/m1/s1. The van der Waals surface area contributed by atoms with Gasteiger partial charge in [-0.25, -0.2) is 4.79 Å². The third kappa shape index (κ3) is 5.52. The number of fused-ring (bicyclic) bond motifs is 1. The van der Waals surface area contributed by atoms with Crippen molar-refractivity contribution >= 4 is 16.9 Å². The number of methoxy groups -OCH3 is 2. The van der Waals surface area contributed by atoms with E-state index in [1.165, 1.54) is 51.5 Å². The summed E-state index contributed by atoms with van der Waals surface area (Å²) in [5.74, 6) is -1.61. The van der Waals surface area contributed by atoms with Gasteiger partial charge in [-0.1, -0.05) is 13.0 Å². The molecule has 0 saturated carbocycles. The van der Waals surface area contributed by atoms with Crippen LogP contribution in [0.15, 0.2) is 45.6 Å². The largest absolute Gasteiger partial charge is 0.493 e. The number of hydrogen-bond acceptors (Lipinski definition) is 7. The molecule has 0 aliphatic carbocycles. The van der Waals surface area contributed by atoms with Gasteiger partial charge in [0.1, 0.15) is 11.3 Å². The molecule has 35 heavy (non-hydrogen) atoms. The number of esters is 1. The van der Waals surface area contributed by atoms with Crippen LogP contribution in [0, 0.1) is 0 Å². The molecule has 2 atom stereocenters. The highest BCUT2D eigenvalue weighted by Crippen LogP contribution is 2.40. The van der Waals surface area contributed by atoms with Crippen molar-refractivity contribution in [2.24, 2.45) is 0 Å². The normalized spacial score (nSPS) is 13.3. The molecule has 3 aromatic rings. The minimum absolute atomic E-state index is 0.0428. The fraction of sp³-hybridized carbons (Fsp3) is 0.360. The molecule has 188 valence electrons. The van der Waals surface area contributed by atoms with Crippen LogP contribution in [-0.4, -0.2) is 32.4 Å². The second kappa shape index (κ2) is 10.3. The highest BCUT2D eigenvalue weighted by atomic mass is 19.4. The number of rotatable bonds is 8. The summed E-state index contributed by atoms with van der Waals surface area (Å²) >= 11 is 0. The summed E-state index contributed by atoms with van der Waals surface area (Å²) in [7, 11) is 2.71. The maximum atomic E-state index is 14.0. The molecule has 0 spiro atoms. The van der Waals surface area contributed by atoms with Crippen molar-refractivity contribution in [1.29, 1.82) is 0 Å². The number of hydrogen-bond donors (Lipinski definition) is 0. The van der Waals surface area contributed by atoms with E-state index in [2.05, 4.69) is 0 Å². The zero-order valence-electron chi connectivity index (χ0n) is 19.8.